The first-order valence-electron chi connectivity index (χ1n) is 6.48. The number of anilines is 1. The molecule has 0 aliphatic heterocycles. The molecule has 7 nitrogen and oxygen atoms in total. The summed E-state index contributed by atoms with van der Waals surface area (Å²) in [5.41, 5.74) is 6.43. The quantitative estimate of drug-likeness (QED) is 0.657. The number of hydrogen-bond donors (Lipinski definition) is 2. The van der Waals surface area contributed by atoms with Gasteiger partial charge in [0, 0.05) is 22.3 Å². The Hall–Kier alpha value is -2.39. The summed E-state index contributed by atoms with van der Waals surface area (Å²) in [5, 5.41) is 1.91. The molecule has 0 amide bonds. The number of H-pyrrole nitrogens is 1. The van der Waals surface area contributed by atoms with E-state index in [4.69, 9.17) is 5.73 Å². The smallest absolute Gasteiger partial charge is 0.345 e. The summed E-state index contributed by atoms with van der Waals surface area (Å²) >= 11 is 4.65. The van der Waals surface area contributed by atoms with Crippen LogP contribution >= 0.6 is 27.3 Å². The van der Waals surface area contributed by atoms with Gasteiger partial charge < -0.3 is 10.7 Å². The molecule has 0 radical (unpaired) electrons. The van der Waals surface area contributed by atoms with Gasteiger partial charge in [-0.25, -0.2) is 19.7 Å². The lowest BCUT2D eigenvalue weighted by Crippen LogP contribution is -2.17. The van der Waals surface area contributed by atoms with E-state index >= 15 is 0 Å². The van der Waals surface area contributed by atoms with E-state index < -0.39 is 5.69 Å². The van der Waals surface area contributed by atoms with Gasteiger partial charge in [0.05, 0.1) is 12.6 Å². The lowest BCUT2D eigenvalue weighted by Gasteiger charge is -2.07. The number of carbonyl (C=O) groups is 1. The number of ketones is 1. The zero-order valence-corrected chi connectivity index (χ0v) is 14.0. The van der Waals surface area contributed by atoms with E-state index in [-0.39, 0.29) is 23.7 Å². The number of nitrogens with one attached hydrogen (secondary N) is 1. The van der Waals surface area contributed by atoms with Gasteiger partial charge >= 0.3 is 5.69 Å². The van der Waals surface area contributed by atoms with Crippen LogP contribution in [-0.2, 0) is 6.42 Å². The fraction of sp³-hybridized carbons (Fsp3) is 0.0714. The summed E-state index contributed by atoms with van der Waals surface area (Å²) in [4.78, 5) is 39.2. The third-order valence-electron chi connectivity index (χ3n) is 3.05. The molecule has 0 unspecified atom stereocenters. The van der Waals surface area contributed by atoms with Gasteiger partial charge in [-0.1, -0.05) is 6.07 Å². The Bertz CT molecular complexity index is 923. The van der Waals surface area contributed by atoms with E-state index in [9.17, 15) is 9.59 Å². The first kappa shape index (κ1) is 15.5. The molecule has 3 rings (SSSR count). The zero-order chi connectivity index (χ0) is 16.4. The molecule has 23 heavy (non-hydrogen) atoms. The number of hydrogen-bond acceptors (Lipinski definition) is 7. The Labute approximate surface area is 142 Å². The van der Waals surface area contributed by atoms with E-state index in [0.29, 0.717) is 15.9 Å². The van der Waals surface area contributed by atoms with Crippen molar-refractivity contribution >= 4 is 38.9 Å². The number of nitrogen functional groups attached to an aromatic ring is 1. The van der Waals surface area contributed by atoms with Crippen molar-refractivity contribution in [3.8, 4) is 10.4 Å². The normalized spacial score (nSPS) is 10.7. The third kappa shape index (κ3) is 3.35. The highest BCUT2D eigenvalue weighted by Gasteiger charge is 2.18. The number of aromatic amines is 1. The Morgan fingerprint density at radius 2 is 2.17 bits per heavy atom. The van der Waals surface area contributed by atoms with Crippen LogP contribution in [0.15, 0.2) is 39.3 Å². The Morgan fingerprint density at radius 3 is 2.91 bits per heavy atom. The molecule has 3 heterocycles. The summed E-state index contributed by atoms with van der Waals surface area (Å²) in [6.45, 7) is 0. The topological polar surface area (TPSA) is 115 Å². The molecule has 0 saturated carbocycles. The number of thiophene rings is 1. The Kier molecular flexibility index (Phi) is 4.30. The van der Waals surface area contributed by atoms with Gasteiger partial charge in [0.15, 0.2) is 11.6 Å². The molecule has 0 aliphatic carbocycles. The fourth-order valence-electron chi connectivity index (χ4n) is 2.04. The summed E-state index contributed by atoms with van der Waals surface area (Å²) < 4.78 is 0.414. The second-order valence-corrected chi connectivity index (χ2v) is 6.34. The number of halogens is 1. The minimum absolute atomic E-state index is 0.0484. The Balaban J connectivity index is 2.00. The van der Waals surface area contributed by atoms with Crippen molar-refractivity contribution in [2.45, 2.75) is 6.42 Å². The van der Waals surface area contributed by atoms with Crippen molar-refractivity contribution in [2.24, 2.45) is 0 Å². The van der Waals surface area contributed by atoms with Crippen molar-refractivity contribution in [1.82, 2.24) is 19.9 Å². The average Bonchev–Trinajstić information content (AvgIpc) is 3.04. The summed E-state index contributed by atoms with van der Waals surface area (Å²) in [7, 11) is 0. The summed E-state index contributed by atoms with van der Waals surface area (Å²) in [6, 6.07) is 3.77. The van der Waals surface area contributed by atoms with Crippen LogP contribution in [0.5, 0.6) is 0 Å². The number of aromatic nitrogens is 4. The Morgan fingerprint density at radius 1 is 1.35 bits per heavy atom. The highest BCUT2D eigenvalue weighted by Crippen LogP contribution is 2.26. The van der Waals surface area contributed by atoms with Crippen LogP contribution in [0.25, 0.3) is 10.4 Å². The number of rotatable bonds is 4. The maximum atomic E-state index is 12.5. The molecular weight excluding hydrogens is 382 g/mol. The molecule has 0 aliphatic rings. The molecule has 3 N–H and O–H groups in total. The van der Waals surface area contributed by atoms with Crippen LogP contribution in [0.2, 0.25) is 0 Å². The minimum atomic E-state index is -0.513. The van der Waals surface area contributed by atoms with Crippen LogP contribution in [0, 0.1) is 0 Å². The maximum absolute atomic E-state index is 12.5. The van der Waals surface area contributed by atoms with Gasteiger partial charge in [0.2, 0.25) is 0 Å². The lowest BCUT2D eigenvalue weighted by atomic mass is 10.1. The van der Waals surface area contributed by atoms with Crippen LogP contribution in [0.4, 0.5) is 5.82 Å². The van der Waals surface area contributed by atoms with Crippen LogP contribution in [-0.4, -0.2) is 25.7 Å². The number of carbonyl (C=O) groups excluding carboxylic acids is 1. The molecule has 0 saturated heterocycles. The van der Waals surface area contributed by atoms with Crippen molar-refractivity contribution in [1.29, 1.82) is 0 Å². The molecule has 116 valence electrons. The van der Waals surface area contributed by atoms with Gasteiger partial charge in [-0.2, -0.15) is 0 Å². The molecule has 0 spiro atoms. The van der Waals surface area contributed by atoms with Crippen LogP contribution < -0.4 is 11.4 Å². The van der Waals surface area contributed by atoms with E-state index in [0.717, 1.165) is 4.88 Å². The van der Waals surface area contributed by atoms with E-state index in [1.807, 2.05) is 17.5 Å². The van der Waals surface area contributed by atoms with Gasteiger partial charge in [-0.05, 0) is 27.4 Å². The first-order valence-corrected chi connectivity index (χ1v) is 8.15. The highest BCUT2D eigenvalue weighted by molar-refractivity contribution is 9.10. The number of nitrogens with zero attached hydrogens (tertiary/aromatic N) is 3. The molecule has 0 atom stereocenters. The predicted molar refractivity (Wildman–Crippen MR) is 90.3 cm³/mol. The monoisotopic (exact) mass is 391 g/mol. The highest BCUT2D eigenvalue weighted by atomic mass is 79.9. The SMILES string of the molecule is Nc1ncc(Br)nc1C(=O)Cc1[nH]c(=O)ncc1-c1cccs1. The van der Waals surface area contributed by atoms with Gasteiger partial charge in [0.25, 0.3) is 0 Å². The standard InChI is InChI=1S/C14H10BrN5O2S/c15-11-6-17-13(16)12(20-11)9(21)4-8-7(5-18-14(22)19-8)10-2-1-3-23-10/h1-3,5-6H,4H2,(H2,16,17)(H,18,19,22). The van der Waals surface area contributed by atoms with Crippen molar-refractivity contribution in [2.75, 3.05) is 5.73 Å². The fourth-order valence-corrected chi connectivity index (χ4v) is 3.08. The molecule has 3 aromatic rings. The number of Topliss-reactive ketones (excluding diaryl/α,β-unsaturated/α-hetero) is 1. The summed E-state index contributed by atoms with van der Waals surface area (Å²) in [5.74, 6) is -0.289. The lowest BCUT2D eigenvalue weighted by molar-refractivity contribution is 0.0987. The molecular formula is C14H10BrN5O2S. The zero-order valence-electron chi connectivity index (χ0n) is 11.6. The van der Waals surface area contributed by atoms with E-state index in [1.165, 1.54) is 23.7 Å². The summed E-state index contributed by atoms with van der Waals surface area (Å²) in [6.07, 6.45) is 2.82. The van der Waals surface area contributed by atoms with E-state index in [1.54, 1.807) is 0 Å². The second-order valence-electron chi connectivity index (χ2n) is 4.58. The molecule has 3 aromatic heterocycles. The predicted octanol–water partition coefficient (Wildman–Crippen LogP) is 2.06. The molecule has 0 bridgehead atoms. The van der Waals surface area contributed by atoms with Crippen LogP contribution in [0.1, 0.15) is 16.2 Å². The van der Waals surface area contributed by atoms with Gasteiger partial charge in [-0.15, -0.1) is 11.3 Å². The van der Waals surface area contributed by atoms with Gasteiger partial charge in [0.1, 0.15) is 10.3 Å². The van der Waals surface area contributed by atoms with Crippen molar-refractivity contribution < 1.29 is 4.79 Å². The van der Waals surface area contributed by atoms with Crippen molar-refractivity contribution in [3.63, 3.8) is 0 Å². The van der Waals surface area contributed by atoms with Crippen molar-refractivity contribution in [3.05, 3.63) is 56.4 Å². The maximum Gasteiger partial charge on any atom is 0.345 e. The molecule has 0 fully saturated rings. The number of nitrogens with two attached hydrogens (primary N) is 1. The molecule has 0 aromatic carbocycles. The second kappa shape index (κ2) is 6.39. The third-order valence-corrected chi connectivity index (χ3v) is 4.34. The average molecular weight is 392 g/mol. The molecule has 9 heteroatoms. The van der Waals surface area contributed by atoms with E-state index in [2.05, 4.69) is 35.9 Å². The first-order chi connectivity index (χ1) is 11.0. The van der Waals surface area contributed by atoms with Crippen LogP contribution in [0.3, 0.4) is 0 Å². The van der Waals surface area contributed by atoms with Gasteiger partial charge in [-0.3, -0.25) is 4.79 Å². The minimum Gasteiger partial charge on any atom is -0.382 e. The largest absolute Gasteiger partial charge is 0.382 e.